The fourth-order valence-corrected chi connectivity index (χ4v) is 4.82. The lowest BCUT2D eigenvalue weighted by atomic mass is 9.94. The Morgan fingerprint density at radius 3 is 1.68 bits per heavy atom. The summed E-state index contributed by atoms with van der Waals surface area (Å²) < 4.78 is 23.3. The summed E-state index contributed by atoms with van der Waals surface area (Å²) in [5, 5.41) is 3.62. The summed E-state index contributed by atoms with van der Waals surface area (Å²) in [7, 11) is 1.49. The summed E-state index contributed by atoms with van der Waals surface area (Å²) in [5.41, 5.74) is 8.76. The zero-order valence-electron chi connectivity index (χ0n) is 23.7. The molecule has 5 atom stereocenters. The minimum Gasteiger partial charge on any atom is -0.456 e. The van der Waals surface area contributed by atoms with E-state index in [9.17, 15) is 9.59 Å². The van der Waals surface area contributed by atoms with Crippen LogP contribution >= 0.6 is 0 Å². The molecule has 37 heavy (non-hydrogen) atoms. The molecule has 0 saturated carbocycles. The third-order valence-electron chi connectivity index (χ3n) is 6.97. The highest BCUT2D eigenvalue weighted by Gasteiger charge is 2.48. The van der Waals surface area contributed by atoms with E-state index in [-0.39, 0.29) is 18.5 Å². The molecule has 9 nitrogen and oxygen atoms in total. The number of rotatable bonds is 21. The molecule has 1 rings (SSSR count). The van der Waals surface area contributed by atoms with E-state index in [2.05, 4.69) is 23.9 Å². The van der Waals surface area contributed by atoms with Crippen LogP contribution in [0.4, 0.5) is 0 Å². The molecule has 0 N–H and O–H groups in total. The second-order valence-corrected chi connectivity index (χ2v) is 10.1. The van der Waals surface area contributed by atoms with Gasteiger partial charge in [-0.25, -0.2) is 0 Å². The monoisotopic (exact) mass is 525 g/mol. The van der Waals surface area contributed by atoms with Crippen molar-refractivity contribution in [3.63, 3.8) is 0 Å². The second kappa shape index (κ2) is 21.1. The van der Waals surface area contributed by atoms with E-state index >= 15 is 0 Å². The third kappa shape index (κ3) is 14.0. The van der Waals surface area contributed by atoms with Crippen molar-refractivity contribution in [3.8, 4) is 0 Å². The lowest BCUT2D eigenvalue weighted by molar-refractivity contribution is -0.241. The molecule has 1 aliphatic rings. The van der Waals surface area contributed by atoms with Gasteiger partial charge in [0.1, 0.15) is 6.10 Å². The fraction of sp³-hybridized carbons (Fsp3) is 0.929. The van der Waals surface area contributed by atoms with E-state index in [1.54, 1.807) is 6.92 Å². The smallest absolute Gasteiger partial charge is 0.306 e. The highest BCUT2D eigenvalue weighted by molar-refractivity contribution is 5.70. The average molecular weight is 526 g/mol. The molecule has 0 amide bonds. The van der Waals surface area contributed by atoms with Gasteiger partial charge < -0.3 is 18.9 Å². The molecule has 1 heterocycles. The number of methoxy groups -OCH3 is 1. The number of nitrogens with zero attached hydrogens (tertiary/aromatic N) is 3. The zero-order chi connectivity index (χ0) is 27.3. The number of carbonyl (C=O) groups excluding carboxylic acids is 2. The summed E-state index contributed by atoms with van der Waals surface area (Å²) in [6, 6.07) is 0. The van der Waals surface area contributed by atoms with Gasteiger partial charge in [-0.15, -0.1) is 0 Å². The van der Waals surface area contributed by atoms with Crippen LogP contribution in [0, 0.1) is 0 Å². The SMILES string of the molecule is CCCCCCCCCC(=O)O[C@@H]1[C@@H](OC(=O)CCCCCCCCC)[C@H](C)O[C@H](CN=[N+]=[N-])[C@H]1OC. The van der Waals surface area contributed by atoms with Crippen LogP contribution in [0.5, 0.6) is 0 Å². The quantitative estimate of drug-likeness (QED) is 0.0513. The predicted molar refractivity (Wildman–Crippen MR) is 144 cm³/mol. The number of hydrogen-bond donors (Lipinski definition) is 0. The van der Waals surface area contributed by atoms with Gasteiger partial charge in [0.25, 0.3) is 0 Å². The van der Waals surface area contributed by atoms with Gasteiger partial charge in [-0.05, 0) is 25.3 Å². The Morgan fingerprint density at radius 1 is 0.757 bits per heavy atom. The molecule has 0 aromatic heterocycles. The molecule has 1 saturated heterocycles. The zero-order valence-corrected chi connectivity index (χ0v) is 23.7. The minimum atomic E-state index is -0.831. The van der Waals surface area contributed by atoms with Gasteiger partial charge >= 0.3 is 11.9 Å². The molecule has 9 heteroatoms. The number of esters is 2. The first-order valence-electron chi connectivity index (χ1n) is 14.6. The van der Waals surface area contributed by atoms with Gasteiger partial charge in [-0.1, -0.05) is 96.0 Å². The minimum absolute atomic E-state index is 0.0316. The predicted octanol–water partition coefficient (Wildman–Crippen LogP) is 7.20. The average Bonchev–Trinajstić information content (AvgIpc) is 2.88. The van der Waals surface area contributed by atoms with Crippen LogP contribution in [-0.4, -0.2) is 56.1 Å². The molecule has 0 spiro atoms. The molecule has 1 aliphatic heterocycles. The highest BCUT2D eigenvalue weighted by Crippen LogP contribution is 2.29. The summed E-state index contributed by atoms with van der Waals surface area (Å²) in [5.74, 6) is -0.671. The van der Waals surface area contributed by atoms with Crippen molar-refractivity contribution in [3.05, 3.63) is 10.4 Å². The van der Waals surface area contributed by atoms with Crippen molar-refractivity contribution >= 4 is 11.9 Å². The van der Waals surface area contributed by atoms with Gasteiger partial charge in [0.15, 0.2) is 12.2 Å². The van der Waals surface area contributed by atoms with Gasteiger partial charge in [0.05, 0.1) is 18.8 Å². The molecule has 0 aromatic carbocycles. The van der Waals surface area contributed by atoms with Crippen LogP contribution in [0.15, 0.2) is 5.11 Å². The first-order chi connectivity index (χ1) is 18.0. The molecule has 214 valence electrons. The van der Waals surface area contributed by atoms with Crippen molar-refractivity contribution < 1.29 is 28.5 Å². The van der Waals surface area contributed by atoms with Crippen LogP contribution in [-0.2, 0) is 28.5 Å². The standard InChI is InChI=1S/C28H51N3O6/c1-5-7-9-11-13-15-17-19-24(32)36-26-22(3)35-23(21-30-31-29)27(34-4)28(26)37-25(33)20-18-16-14-12-10-8-6-2/h22-23,26-28H,5-21H2,1-4H3/t22-,23+,26-,27+,28+/m0/s1. The van der Waals surface area contributed by atoms with Crippen LogP contribution in [0.25, 0.3) is 10.4 Å². The molecule has 0 aromatic rings. The van der Waals surface area contributed by atoms with Crippen molar-refractivity contribution in [2.75, 3.05) is 13.7 Å². The first-order valence-corrected chi connectivity index (χ1v) is 14.6. The lowest BCUT2D eigenvalue weighted by Crippen LogP contribution is -2.60. The number of unbranched alkanes of at least 4 members (excludes halogenated alkanes) is 12. The molecule has 0 aliphatic carbocycles. The molecular weight excluding hydrogens is 474 g/mol. The van der Waals surface area contributed by atoms with E-state index in [1.165, 1.54) is 58.5 Å². The van der Waals surface area contributed by atoms with Crippen LogP contribution < -0.4 is 0 Å². The lowest BCUT2D eigenvalue weighted by Gasteiger charge is -2.43. The van der Waals surface area contributed by atoms with Gasteiger partial charge in [0.2, 0.25) is 0 Å². The Bertz CT molecular complexity index is 670. The summed E-state index contributed by atoms with van der Waals surface area (Å²) in [4.78, 5) is 28.2. The molecule has 1 fully saturated rings. The number of carbonyl (C=O) groups is 2. The van der Waals surface area contributed by atoms with E-state index in [4.69, 9.17) is 24.5 Å². The summed E-state index contributed by atoms with van der Waals surface area (Å²) >= 11 is 0. The van der Waals surface area contributed by atoms with Crippen molar-refractivity contribution in [1.29, 1.82) is 0 Å². The van der Waals surface area contributed by atoms with E-state index in [1.807, 2.05) is 0 Å². The molecule has 0 unspecified atom stereocenters. The third-order valence-corrected chi connectivity index (χ3v) is 6.97. The van der Waals surface area contributed by atoms with Crippen LogP contribution in [0.1, 0.15) is 124 Å². The van der Waals surface area contributed by atoms with Crippen molar-refractivity contribution in [2.24, 2.45) is 5.11 Å². The van der Waals surface area contributed by atoms with Crippen LogP contribution in [0.2, 0.25) is 0 Å². The second-order valence-electron chi connectivity index (χ2n) is 10.1. The maximum atomic E-state index is 12.7. The topological polar surface area (TPSA) is 120 Å². The highest BCUT2D eigenvalue weighted by atomic mass is 16.6. The van der Waals surface area contributed by atoms with Crippen LogP contribution in [0.3, 0.4) is 0 Å². The Hall–Kier alpha value is -1.83. The number of hydrogen-bond acceptors (Lipinski definition) is 7. The Balaban J connectivity index is 2.69. The van der Waals surface area contributed by atoms with Crippen molar-refractivity contribution in [1.82, 2.24) is 0 Å². The Labute approximate surface area is 223 Å². The van der Waals surface area contributed by atoms with Crippen molar-refractivity contribution in [2.45, 2.75) is 154 Å². The summed E-state index contributed by atoms with van der Waals surface area (Å²) in [6.07, 6.45) is 12.6. The maximum absolute atomic E-state index is 12.7. The molecule has 0 bridgehead atoms. The van der Waals surface area contributed by atoms with E-state index in [0.717, 1.165) is 38.5 Å². The normalized spacial score (nSPS) is 23.3. The van der Waals surface area contributed by atoms with E-state index < -0.39 is 30.5 Å². The maximum Gasteiger partial charge on any atom is 0.306 e. The largest absolute Gasteiger partial charge is 0.456 e. The van der Waals surface area contributed by atoms with Gasteiger partial charge in [-0.3, -0.25) is 9.59 Å². The van der Waals surface area contributed by atoms with Gasteiger partial charge in [-0.2, -0.15) is 0 Å². The number of azide groups is 1. The first kappa shape index (κ1) is 33.2. The Morgan fingerprint density at radius 2 is 1.22 bits per heavy atom. The molecular formula is C28H51N3O6. The Kier molecular flexibility index (Phi) is 19.0. The van der Waals surface area contributed by atoms with Gasteiger partial charge in [0, 0.05) is 24.9 Å². The molecule has 0 radical (unpaired) electrons. The fourth-order valence-electron chi connectivity index (χ4n) is 4.82. The van der Waals surface area contributed by atoms with E-state index in [0.29, 0.717) is 12.8 Å². The number of ether oxygens (including phenoxy) is 4. The summed E-state index contributed by atoms with van der Waals surface area (Å²) in [6.45, 7) is 6.19.